The average molecular weight is 621 g/mol. The zero-order valence-electron chi connectivity index (χ0n) is 30.3. The van der Waals surface area contributed by atoms with Crippen molar-refractivity contribution in [1.82, 2.24) is 0 Å². The first-order chi connectivity index (χ1) is 21.8. The van der Waals surface area contributed by atoms with Crippen LogP contribution in [0.15, 0.2) is 12.2 Å². The lowest BCUT2D eigenvalue weighted by atomic mass is 10.0. The number of hydrogen-bond acceptors (Lipinski definition) is 3. The van der Waals surface area contributed by atoms with Crippen molar-refractivity contribution in [1.29, 1.82) is 0 Å². The molecule has 0 aliphatic carbocycles. The van der Waals surface area contributed by atoms with E-state index < -0.39 is 6.16 Å². The molecule has 262 valence electrons. The molecule has 0 unspecified atom stereocenters. The molecule has 0 heterocycles. The number of rotatable bonds is 37. The molecular formula is C41H80O3. The van der Waals surface area contributed by atoms with Gasteiger partial charge < -0.3 is 9.47 Å². The van der Waals surface area contributed by atoms with Crippen LogP contribution in [0.25, 0.3) is 0 Å². The van der Waals surface area contributed by atoms with Crippen molar-refractivity contribution in [2.24, 2.45) is 0 Å². The van der Waals surface area contributed by atoms with E-state index in [1.165, 1.54) is 193 Å². The molecule has 0 aromatic carbocycles. The van der Waals surface area contributed by atoms with Crippen LogP contribution in [-0.4, -0.2) is 19.4 Å². The fourth-order valence-corrected chi connectivity index (χ4v) is 6.06. The maximum absolute atomic E-state index is 11.8. The van der Waals surface area contributed by atoms with Crippen molar-refractivity contribution in [2.45, 2.75) is 232 Å². The van der Waals surface area contributed by atoms with Gasteiger partial charge in [0.1, 0.15) is 0 Å². The van der Waals surface area contributed by atoms with Crippen molar-refractivity contribution in [3.8, 4) is 0 Å². The Morgan fingerprint density at radius 2 is 0.568 bits per heavy atom. The Kier molecular flexibility index (Phi) is 39.1. The average Bonchev–Trinajstić information content (AvgIpc) is 3.03. The third kappa shape index (κ3) is 39.0. The largest absolute Gasteiger partial charge is 0.508 e. The highest BCUT2D eigenvalue weighted by Crippen LogP contribution is 2.15. The van der Waals surface area contributed by atoms with E-state index in [4.69, 9.17) is 9.47 Å². The molecule has 44 heavy (non-hydrogen) atoms. The highest BCUT2D eigenvalue weighted by molar-refractivity contribution is 5.59. The van der Waals surface area contributed by atoms with E-state index in [0.29, 0.717) is 13.2 Å². The summed E-state index contributed by atoms with van der Waals surface area (Å²) in [6, 6.07) is 0. The number of hydrogen-bond donors (Lipinski definition) is 0. The second-order valence-corrected chi connectivity index (χ2v) is 13.6. The molecule has 0 aromatic rings. The van der Waals surface area contributed by atoms with E-state index in [0.717, 1.165) is 25.7 Å². The third-order valence-corrected chi connectivity index (χ3v) is 9.09. The highest BCUT2D eigenvalue weighted by Gasteiger charge is 2.03. The molecule has 0 atom stereocenters. The minimum atomic E-state index is -0.473. The van der Waals surface area contributed by atoms with Crippen LogP contribution >= 0.6 is 0 Å². The van der Waals surface area contributed by atoms with Gasteiger partial charge in [-0.1, -0.05) is 206 Å². The van der Waals surface area contributed by atoms with Crippen LogP contribution in [0.4, 0.5) is 4.79 Å². The Labute approximate surface area is 277 Å². The van der Waals surface area contributed by atoms with Crippen molar-refractivity contribution in [2.75, 3.05) is 13.2 Å². The summed E-state index contributed by atoms with van der Waals surface area (Å²) in [7, 11) is 0. The number of unbranched alkanes of at least 4 members (excludes halogenated alkanes) is 31. The Morgan fingerprint density at radius 1 is 0.341 bits per heavy atom. The minimum Gasteiger partial charge on any atom is -0.434 e. The third-order valence-electron chi connectivity index (χ3n) is 9.09. The standard InChI is InChI=1S/C41H80O3/c1-3-5-7-9-11-13-15-17-19-21-22-23-24-26-28-30-32-34-36-38-40-44-41(42)43-39-37-35-33-31-29-27-25-20-18-16-14-12-10-8-6-4-2/h17,19H,3-16,18,20-40H2,1-2H3/b19-17-. The van der Waals surface area contributed by atoms with Gasteiger partial charge in [0.2, 0.25) is 0 Å². The molecule has 0 saturated carbocycles. The van der Waals surface area contributed by atoms with Crippen molar-refractivity contribution in [3.05, 3.63) is 12.2 Å². The van der Waals surface area contributed by atoms with Crippen molar-refractivity contribution in [3.63, 3.8) is 0 Å². The van der Waals surface area contributed by atoms with E-state index in [-0.39, 0.29) is 0 Å². The number of allylic oxidation sites excluding steroid dienone is 2. The van der Waals surface area contributed by atoms with E-state index in [9.17, 15) is 4.79 Å². The van der Waals surface area contributed by atoms with Gasteiger partial charge in [0, 0.05) is 0 Å². The molecule has 0 aromatic heterocycles. The molecule has 0 bridgehead atoms. The van der Waals surface area contributed by atoms with E-state index >= 15 is 0 Å². The molecule has 3 nitrogen and oxygen atoms in total. The predicted octanol–water partition coefficient (Wildman–Crippen LogP) is 15.0. The van der Waals surface area contributed by atoms with Gasteiger partial charge in [0.15, 0.2) is 0 Å². The molecule has 0 spiro atoms. The molecular weight excluding hydrogens is 540 g/mol. The molecule has 0 radical (unpaired) electrons. The van der Waals surface area contributed by atoms with Crippen LogP contribution in [0.5, 0.6) is 0 Å². The summed E-state index contributed by atoms with van der Waals surface area (Å²) in [4.78, 5) is 11.8. The van der Waals surface area contributed by atoms with Gasteiger partial charge in [-0.25, -0.2) is 4.79 Å². The Hall–Kier alpha value is -0.990. The van der Waals surface area contributed by atoms with Crippen LogP contribution < -0.4 is 0 Å². The maximum Gasteiger partial charge on any atom is 0.508 e. The van der Waals surface area contributed by atoms with Crippen LogP contribution in [0.2, 0.25) is 0 Å². The van der Waals surface area contributed by atoms with E-state index in [1.54, 1.807) is 0 Å². The van der Waals surface area contributed by atoms with Gasteiger partial charge in [-0.3, -0.25) is 0 Å². The molecule has 0 amide bonds. The van der Waals surface area contributed by atoms with Gasteiger partial charge in [-0.2, -0.15) is 0 Å². The molecule has 0 aliphatic rings. The first kappa shape index (κ1) is 43.0. The normalized spacial score (nSPS) is 11.5. The topological polar surface area (TPSA) is 35.5 Å². The lowest BCUT2D eigenvalue weighted by Gasteiger charge is -2.07. The van der Waals surface area contributed by atoms with E-state index in [1.807, 2.05) is 0 Å². The zero-order chi connectivity index (χ0) is 31.9. The van der Waals surface area contributed by atoms with Gasteiger partial charge in [0.25, 0.3) is 0 Å². The fourth-order valence-electron chi connectivity index (χ4n) is 6.06. The van der Waals surface area contributed by atoms with Crippen molar-refractivity contribution < 1.29 is 14.3 Å². The second kappa shape index (κ2) is 40.0. The number of carbonyl (C=O) groups excluding carboxylic acids is 1. The van der Waals surface area contributed by atoms with Gasteiger partial charge in [-0.15, -0.1) is 0 Å². The monoisotopic (exact) mass is 621 g/mol. The first-order valence-electron chi connectivity index (χ1n) is 20.3. The molecule has 0 aliphatic heterocycles. The highest BCUT2D eigenvalue weighted by atomic mass is 16.7. The second-order valence-electron chi connectivity index (χ2n) is 13.6. The summed E-state index contributed by atoms with van der Waals surface area (Å²) in [5.74, 6) is 0. The summed E-state index contributed by atoms with van der Waals surface area (Å²) in [6.45, 7) is 5.58. The van der Waals surface area contributed by atoms with Gasteiger partial charge in [-0.05, 0) is 38.5 Å². The van der Waals surface area contributed by atoms with Gasteiger partial charge >= 0.3 is 6.16 Å². The summed E-state index contributed by atoms with van der Waals surface area (Å²) in [6.07, 6.45) is 49.8. The molecule has 0 saturated heterocycles. The summed E-state index contributed by atoms with van der Waals surface area (Å²) >= 11 is 0. The summed E-state index contributed by atoms with van der Waals surface area (Å²) in [5, 5.41) is 0. The van der Waals surface area contributed by atoms with Crippen LogP contribution in [0, 0.1) is 0 Å². The molecule has 3 heteroatoms. The minimum absolute atomic E-state index is 0.473. The van der Waals surface area contributed by atoms with Crippen LogP contribution in [-0.2, 0) is 9.47 Å². The van der Waals surface area contributed by atoms with Gasteiger partial charge in [0.05, 0.1) is 13.2 Å². The SMILES string of the molecule is CCCCCCCC/C=C\CCCCCCCCCCCCOC(=O)OCCCCCCCCCCCCCCCCCC. The quantitative estimate of drug-likeness (QED) is 0.0394. The van der Waals surface area contributed by atoms with Crippen molar-refractivity contribution >= 4 is 6.16 Å². The molecule has 0 rings (SSSR count). The molecule has 0 fully saturated rings. The van der Waals surface area contributed by atoms with Crippen LogP contribution in [0.3, 0.4) is 0 Å². The lowest BCUT2D eigenvalue weighted by Crippen LogP contribution is -2.09. The summed E-state index contributed by atoms with van der Waals surface area (Å²) < 4.78 is 10.5. The maximum atomic E-state index is 11.8. The Morgan fingerprint density at radius 3 is 0.841 bits per heavy atom. The molecule has 0 N–H and O–H groups in total. The Bertz CT molecular complexity index is 558. The number of ether oxygens (including phenoxy) is 2. The fraction of sp³-hybridized carbons (Fsp3) is 0.927. The number of carbonyl (C=O) groups is 1. The smallest absolute Gasteiger partial charge is 0.434 e. The van der Waals surface area contributed by atoms with E-state index in [2.05, 4.69) is 26.0 Å². The Balaban J connectivity index is 3.17. The predicted molar refractivity (Wildman–Crippen MR) is 195 cm³/mol. The first-order valence-corrected chi connectivity index (χ1v) is 20.3. The lowest BCUT2D eigenvalue weighted by molar-refractivity contribution is 0.0529. The van der Waals surface area contributed by atoms with Crippen LogP contribution in [0.1, 0.15) is 232 Å². The zero-order valence-corrected chi connectivity index (χ0v) is 30.3. The summed E-state index contributed by atoms with van der Waals surface area (Å²) in [5.41, 5.74) is 0.